The molecule has 1 heterocycles. The van der Waals surface area contributed by atoms with Crippen molar-refractivity contribution in [3.05, 3.63) is 30.3 Å². The van der Waals surface area contributed by atoms with Crippen LogP contribution in [0.5, 0.6) is 6.08 Å². The van der Waals surface area contributed by atoms with E-state index in [4.69, 9.17) is 14.9 Å². The van der Waals surface area contributed by atoms with Crippen molar-refractivity contribution in [2.75, 3.05) is 13.2 Å². The van der Waals surface area contributed by atoms with Crippen LogP contribution in [0.4, 0.5) is 0 Å². The van der Waals surface area contributed by atoms with Crippen molar-refractivity contribution in [3.8, 4) is 17.5 Å². The Balaban J connectivity index is 2.02. The van der Waals surface area contributed by atoms with Crippen molar-refractivity contribution in [2.45, 2.75) is 6.42 Å². The number of aromatic nitrogens is 2. The minimum absolute atomic E-state index is 0.187. The molecule has 16 heavy (non-hydrogen) atoms. The van der Waals surface area contributed by atoms with E-state index in [0.29, 0.717) is 19.0 Å². The summed E-state index contributed by atoms with van der Waals surface area (Å²) < 4.78 is 10.6. The predicted octanol–water partition coefficient (Wildman–Crippen LogP) is 1.46. The average Bonchev–Trinajstić information content (AvgIpc) is 2.79. The molecule has 84 valence electrons. The number of nitrogens with zero attached hydrogens (tertiary/aromatic N) is 2. The number of hydrogen-bond donors (Lipinski definition) is 1. The summed E-state index contributed by atoms with van der Waals surface area (Å²) >= 11 is 0. The zero-order valence-corrected chi connectivity index (χ0v) is 8.80. The molecule has 1 aromatic heterocycles. The van der Waals surface area contributed by atoms with Crippen LogP contribution in [0.15, 0.2) is 34.7 Å². The molecular formula is C11H13N3O2. The topological polar surface area (TPSA) is 74.2 Å². The molecular weight excluding hydrogens is 206 g/mol. The minimum atomic E-state index is 0.187. The van der Waals surface area contributed by atoms with Crippen molar-refractivity contribution < 1.29 is 9.15 Å². The maximum Gasteiger partial charge on any atom is 0.414 e. The van der Waals surface area contributed by atoms with Gasteiger partial charge in [-0.15, -0.1) is 5.10 Å². The van der Waals surface area contributed by atoms with Gasteiger partial charge in [-0.3, -0.25) is 0 Å². The lowest BCUT2D eigenvalue weighted by Crippen LogP contribution is -2.06. The van der Waals surface area contributed by atoms with Crippen LogP contribution in [-0.4, -0.2) is 23.3 Å². The maximum absolute atomic E-state index is 5.34. The number of nitrogens with two attached hydrogens (primary N) is 1. The third-order valence-electron chi connectivity index (χ3n) is 2.00. The van der Waals surface area contributed by atoms with Gasteiger partial charge >= 0.3 is 6.08 Å². The monoisotopic (exact) mass is 219 g/mol. The molecule has 2 N–H and O–H groups in total. The van der Waals surface area contributed by atoms with Gasteiger partial charge in [0.2, 0.25) is 0 Å². The van der Waals surface area contributed by atoms with E-state index in [0.717, 1.165) is 12.0 Å². The van der Waals surface area contributed by atoms with E-state index in [1.165, 1.54) is 0 Å². The molecule has 0 spiro atoms. The maximum atomic E-state index is 5.34. The second-order valence-electron chi connectivity index (χ2n) is 3.23. The fourth-order valence-corrected chi connectivity index (χ4v) is 1.21. The Bertz CT molecular complexity index is 428. The number of ether oxygens (including phenoxy) is 1. The molecule has 0 aliphatic rings. The third kappa shape index (κ3) is 2.58. The standard InChI is InChI=1S/C11H13N3O2/c12-7-4-8-15-11-14-13-10(16-11)9-5-2-1-3-6-9/h1-3,5-6H,4,7-8,12H2. The number of benzene rings is 1. The van der Waals surface area contributed by atoms with Crippen molar-refractivity contribution in [1.82, 2.24) is 10.2 Å². The van der Waals surface area contributed by atoms with Gasteiger partial charge in [0, 0.05) is 5.56 Å². The Morgan fingerprint density at radius 1 is 1.19 bits per heavy atom. The van der Waals surface area contributed by atoms with E-state index >= 15 is 0 Å². The Hall–Kier alpha value is -1.88. The molecule has 0 unspecified atom stereocenters. The van der Waals surface area contributed by atoms with Crippen LogP contribution < -0.4 is 10.5 Å². The summed E-state index contributed by atoms with van der Waals surface area (Å²) in [5, 5.41) is 7.68. The highest BCUT2D eigenvalue weighted by atomic mass is 16.6. The first-order valence-corrected chi connectivity index (χ1v) is 5.12. The molecule has 0 saturated heterocycles. The van der Waals surface area contributed by atoms with Crippen LogP contribution >= 0.6 is 0 Å². The fraction of sp³-hybridized carbons (Fsp3) is 0.273. The van der Waals surface area contributed by atoms with Crippen LogP contribution in [0, 0.1) is 0 Å². The largest absolute Gasteiger partial charge is 0.449 e. The van der Waals surface area contributed by atoms with Crippen LogP contribution in [-0.2, 0) is 0 Å². The van der Waals surface area contributed by atoms with Gasteiger partial charge in [0.1, 0.15) is 0 Å². The normalized spacial score (nSPS) is 10.3. The zero-order valence-electron chi connectivity index (χ0n) is 8.80. The van der Waals surface area contributed by atoms with Gasteiger partial charge in [-0.05, 0) is 25.1 Å². The Morgan fingerprint density at radius 3 is 2.75 bits per heavy atom. The minimum Gasteiger partial charge on any atom is -0.449 e. The Labute approximate surface area is 93.2 Å². The lowest BCUT2D eigenvalue weighted by molar-refractivity contribution is 0.230. The summed E-state index contributed by atoms with van der Waals surface area (Å²) in [7, 11) is 0. The molecule has 0 atom stereocenters. The molecule has 5 heteroatoms. The zero-order chi connectivity index (χ0) is 11.2. The summed E-state index contributed by atoms with van der Waals surface area (Å²) in [5.41, 5.74) is 6.22. The predicted molar refractivity (Wildman–Crippen MR) is 58.9 cm³/mol. The molecule has 2 aromatic rings. The highest BCUT2D eigenvalue weighted by Crippen LogP contribution is 2.20. The average molecular weight is 219 g/mol. The molecule has 1 aromatic carbocycles. The molecule has 0 aliphatic carbocycles. The first-order valence-electron chi connectivity index (χ1n) is 5.12. The fourth-order valence-electron chi connectivity index (χ4n) is 1.21. The van der Waals surface area contributed by atoms with E-state index in [9.17, 15) is 0 Å². The lowest BCUT2D eigenvalue weighted by Gasteiger charge is -1.97. The van der Waals surface area contributed by atoms with Crippen molar-refractivity contribution >= 4 is 0 Å². The van der Waals surface area contributed by atoms with Gasteiger partial charge in [0.15, 0.2) is 0 Å². The van der Waals surface area contributed by atoms with Gasteiger partial charge in [0.25, 0.3) is 5.89 Å². The van der Waals surface area contributed by atoms with E-state index in [2.05, 4.69) is 10.2 Å². The van der Waals surface area contributed by atoms with E-state index in [1.54, 1.807) is 0 Å². The van der Waals surface area contributed by atoms with Crippen molar-refractivity contribution in [3.63, 3.8) is 0 Å². The Kier molecular flexibility index (Phi) is 3.50. The van der Waals surface area contributed by atoms with E-state index in [1.807, 2.05) is 30.3 Å². The molecule has 0 amide bonds. The summed E-state index contributed by atoms with van der Waals surface area (Å²) in [6, 6.07) is 9.55. The van der Waals surface area contributed by atoms with Gasteiger partial charge in [0.05, 0.1) is 6.61 Å². The van der Waals surface area contributed by atoms with Crippen molar-refractivity contribution in [2.24, 2.45) is 5.73 Å². The summed E-state index contributed by atoms with van der Waals surface area (Å²) in [5.74, 6) is 0.461. The summed E-state index contributed by atoms with van der Waals surface area (Å²) in [6.07, 6.45) is 0.954. The van der Waals surface area contributed by atoms with Gasteiger partial charge in [-0.2, -0.15) is 0 Å². The molecule has 0 saturated carbocycles. The molecule has 0 radical (unpaired) electrons. The van der Waals surface area contributed by atoms with Crippen molar-refractivity contribution in [1.29, 1.82) is 0 Å². The van der Waals surface area contributed by atoms with Gasteiger partial charge in [-0.25, -0.2) is 0 Å². The molecule has 0 bridgehead atoms. The molecule has 0 fully saturated rings. The van der Waals surface area contributed by atoms with Gasteiger partial charge < -0.3 is 14.9 Å². The SMILES string of the molecule is NCCCOc1nnc(-c2ccccc2)o1. The summed E-state index contributed by atoms with van der Waals surface area (Å²) in [4.78, 5) is 0. The number of rotatable bonds is 5. The van der Waals surface area contributed by atoms with Crippen LogP contribution in [0.25, 0.3) is 11.5 Å². The quantitative estimate of drug-likeness (QED) is 0.770. The second-order valence-corrected chi connectivity index (χ2v) is 3.23. The highest BCUT2D eigenvalue weighted by Gasteiger charge is 2.08. The van der Waals surface area contributed by atoms with Crippen LogP contribution in [0.2, 0.25) is 0 Å². The summed E-state index contributed by atoms with van der Waals surface area (Å²) in [6.45, 7) is 1.08. The second kappa shape index (κ2) is 5.27. The lowest BCUT2D eigenvalue weighted by atomic mass is 10.2. The molecule has 5 nitrogen and oxygen atoms in total. The van der Waals surface area contributed by atoms with Crippen LogP contribution in [0.1, 0.15) is 6.42 Å². The molecule has 2 rings (SSSR count). The van der Waals surface area contributed by atoms with E-state index in [-0.39, 0.29) is 6.08 Å². The van der Waals surface area contributed by atoms with Gasteiger partial charge in [-0.1, -0.05) is 23.3 Å². The van der Waals surface area contributed by atoms with Crippen LogP contribution in [0.3, 0.4) is 0 Å². The third-order valence-corrected chi connectivity index (χ3v) is 2.00. The molecule has 0 aliphatic heterocycles. The highest BCUT2D eigenvalue weighted by molar-refractivity contribution is 5.51. The first kappa shape index (κ1) is 10.6. The smallest absolute Gasteiger partial charge is 0.414 e. The van der Waals surface area contributed by atoms with E-state index < -0.39 is 0 Å². The first-order chi connectivity index (χ1) is 7.90. The number of hydrogen-bond acceptors (Lipinski definition) is 5. The Morgan fingerprint density at radius 2 is 2.00 bits per heavy atom.